The molecule has 2 aliphatic heterocycles. The van der Waals surface area contributed by atoms with Crippen LogP contribution < -0.4 is 9.64 Å². The van der Waals surface area contributed by atoms with Gasteiger partial charge in [0.25, 0.3) is 0 Å². The van der Waals surface area contributed by atoms with Crippen molar-refractivity contribution in [3.05, 3.63) is 42.2 Å². The SMILES string of the molecule is CCc1cnc(N2CCC3(CC2)COc2ccccc2S(=O)(=O)N(CCOC)C3)nc1. The van der Waals surface area contributed by atoms with E-state index in [0.717, 1.165) is 43.9 Å². The van der Waals surface area contributed by atoms with Gasteiger partial charge in [-0.15, -0.1) is 0 Å². The molecule has 2 aromatic rings. The molecule has 0 bridgehead atoms. The zero-order chi connectivity index (χ0) is 21.9. The van der Waals surface area contributed by atoms with Gasteiger partial charge in [-0.3, -0.25) is 0 Å². The van der Waals surface area contributed by atoms with Crippen LogP contribution in [0.1, 0.15) is 25.3 Å². The molecular weight excluding hydrogens is 416 g/mol. The number of rotatable bonds is 5. The number of piperidine rings is 1. The first-order valence-electron chi connectivity index (χ1n) is 10.7. The highest BCUT2D eigenvalue weighted by molar-refractivity contribution is 7.89. The summed E-state index contributed by atoms with van der Waals surface area (Å²) in [6.07, 6.45) is 6.26. The molecule has 3 heterocycles. The quantitative estimate of drug-likeness (QED) is 0.697. The van der Waals surface area contributed by atoms with Crippen LogP contribution in [0.3, 0.4) is 0 Å². The number of aromatic nitrogens is 2. The molecule has 1 fully saturated rings. The molecule has 1 saturated heterocycles. The largest absolute Gasteiger partial charge is 0.492 e. The van der Waals surface area contributed by atoms with Gasteiger partial charge in [0.15, 0.2) is 0 Å². The van der Waals surface area contributed by atoms with E-state index in [4.69, 9.17) is 9.47 Å². The summed E-state index contributed by atoms with van der Waals surface area (Å²) in [6, 6.07) is 6.89. The summed E-state index contributed by atoms with van der Waals surface area (Å²) in [5.41, 5.74) is 0.845. The summed E-state index contributed by atoms with van der Waals surface area (Å²) in [6.45, 7) is 5.16. The van der Waals surface area contributed by atoms with Crippen LogP contribution >= 0.6 is 0 Å². The zero-order valence-corrected chi connectivity index (χ0v) is 19.0. The first kappa shape index (κ1) is 22.0. The number of para-hydroxylation sites is 1. The summed E-state index contributed by atoms with van der Waals surface area (Å²) in [4.78, 5) is 11.4. The van der Waals surface area contributed by atoms with E-state index in [9.17, 15) is 8.42 Å². The zero-order valence-electron chi connectivity index (χ0n) is 18.2. The fourth-order valence-electron chi connectivity index (χ4n) is 4.23. The van der Waals surface area contributed by atoms with E-state index < -0.39 is 10.0 Å². The number of nitrogens with zero attached hydrogens (tertiary/aromatic N) is 4. The lowest BCUT2D eigenvalue weighted by atomic mass is 9.79. The third-order valence-corrected chi connectivity index (χ3v) is 8.15. The molecule has 0 atom stereocenters. The monoisotopic (exact) mass is 446 g/mol. The molecule has 0 N–H and O–H groups in total. The van der Waals surface area contributed by atoms with Crippen LogP contribution in [0.15, 0.2) is 41.6 Å². The van der Waals surface area contributed by atoms with E-state index >= 15 is 0 Å². The van der Waals surface area contributed by atoms with E-state index in [1.807, 2.05) is 18.5 Å². The van der Waals surface area contributed by atoms with Crippen LogP contribution in [0.5, 0.6) is 5.75 Å². The number of ether oxygens (including phenoxy) is 2. The second-order valence-electron chi connectivity index (χ2n) is 8.30. The number of hydrogen-bond acceptors (Lipinski definition) is 7. The molecule has 4 rings (SSSR count). The van der Waals surface area contributed by atoms with Gasteiger partial charge < -0.3 is 14.4 Å². The minimum atomic E-state index is -3.67. The summed E-state index contributed by atoms with van der Waals surface area (Å²) in [7, 11) is -2.08. The van der Waals surface area contributed by atoms with Crippen LogP contribution in [0, 0.1) is 5.41 Å². The van der Waals surface area contributed by atoms with Crippen molar-refractivity contribution in [2.24, 2.45) is 5.41 Å². The van der Waals surface area contributed by atoms with Crippen molar-refractivity contribution in [1.82, 2.24) is 14.3 Å². The smallest absolute Gasteiger partial charge is 0.246 e. The molecule has 8 nitrogen and oxygen atoms in total. The van der Waals surface area contributed by atoms with Crippen LogP contribution in [0.25, 0.3) is 0 Å². The Hall–Kier alpha value is -2.23. The number of methoxy groups -OCH3 is 1. The molecule has 1 spiro atoms. The number of anilines is 1. The van der Waals surface area contributed by atoms with E-state index in [1.54, 1.807) is 29.6 Å². The molecule has 0 unspecified atom stereocenters. The van der Waals surface area contributed by atoms with Gasteiger partial charge in [-0.2, -0.15) is 4.31 Å². The van der Waals surface area contributed by atoms with E-state index in [1.165, 1.54) is 0 Å². The van der Waals surface area contributed by atoms with E-state index in [-0.39, 0.29) is 10.3 Å². The van der Waals surface area contributed by atoms with Gasteiger partial charge in [0.1, 0.15) is 10.6 Å². The predicted molar refractivity (Wildman–Crippen MR) is 118 cm³/mol. The summed E-state index contributed by atoms with van der Waals surface area (Å²) in [5, 5.41) is 0. The Morgan fingerprint density at radius 2 is 1.87 bits per heavy atom. The number of fused-ring (bicyclic) bond motifs is 1. The molecule has 0 aliphatic carbocycles. The van der Waals surface area contributed by atoms with Gasteiger partial charge in [0.05, 0.1) is 13.2 Å². The highest BCUT2D eigenvalue weighted by Gasteiger charge is 2.43. The number of aryl methyl sites for hydroxylation is 1. The lowest BCUT2D eigenvalue weighted by Gasteiger charge is -2.44. The third-order valence-electron chi connectivity index (χ3n) is 6.26. The number of benzene rings is 1. The van der Waals surface area contributed by atoms with Gasteiger partial charge in [0, 0.05) is 51.1 Å². The maximum atomic E-state index is 13.4. The number of hydrogen-bond donors (Lipinski definition) is 0. The molecule has 168 valence electrons. The molecule has 1 aromatic carbocycles. The van der Waals surface area contributed by atoms with Gasteiger partial charge in [-0.1, -0.05) is 19.1 Å². The highest BCUT2D eigenvalue weighted by atomic mass is 32.2. The van der Waals surface area contributed by atoms with Gasteiger partial charge in [0.2, 0.25) is 16.0 Å². The fourth-order valence-corrected chi connectivity index (χ4v) is 5.90. The lowest BCUT2D eigenvalue weighted by molar-refractivity contribution is 0.0735. The highest BCUT2D eigenvalue weighted by Crippen LogP contribution is 2.39. The molecule has 0 amide bonds. The van der Waals surface area contributed by atoms with Gasteiger partial charge in [-0.05, 0) is 37.0 Å². The molecule has 31 heavy (non-hydrogen) atoms. The molecule has 9 heteroatoms. The van der Waals surface area contributed by atoms with Crippen molar-refractivity contribution in [2.75, 3.05) is 51.4 Å². The van der Waals surface area contributed by atoms with Crippen LogP contribution in [-0.4, -0.2) is 69.2 Å². The van der Waals surface area contributed by atoms with Crippen molar-refractivity contribution in [1.29, 1.82) is 0 Å². The van der Waals surface area contributed by atoms with Crippen LogP contribution in [-0.2, 0) is 21.2 Å². The van der Waals surface area contributed by atoms with Gasteiger partial charge in [-0.25, -0.2) is 18.4 Å². The first-order chi connectivity index (χ1) is 15.0. The summed E-state index contributed by atoms with van der Waals surface area (Å²) in [5.74, 6) is 1.15. The lowest BCUT2D eigenvalue weighted by Crippen LogP contribution is -2.52. The van der Waals surface area contributed by atoms with Crippen molar-refractivity contribution in [2.45, 2.75) is 31.1 Å². The van der Waals surface area contributed by atoms with Gasteiger partial charge >= 0.3 is 0 Å². The number of sulfonamides is 1. The molecule has 0 saturated carbocycles. The minimum absolute atomic E-state index is 0.225. The maximum Gasteiger partial charge on any atom is 0.246 e. The normalized spacial score (nSPS) is 20.5. The third kappa shape index (κ3) is 4.53. The average molecular weight is 447 g/mol. The second kappa shape index (κ2) is 9.10. The Morgan fingerprint density at radius 1 is 1.16 bits per heavy atom. The minimum Gasteiger partial charge on any atom is -0.492 e. The molecule has 2 aliphatic rings. The maximum absolute atomic E-state index is 13.4. The molecular formula is C22H30N4O4S. The topological polar surface area (TPSA) is 84.9 Å². The van der Waals surface area contributed by atoms with Crippen LogP contribution in [0.2, 0.25) is 0 Å². The predicted octanol–water partition coefficient (Wildman–Crippen LogP) is 2.36. The van der Waals surface area contributed by atoms with Crippen molar-refractivity contribution < 1.29 is 17.9 Å². The molecule has 1 aromatic heterocycles. The van der Waals surface area contributed by atoms with Crippen LogP contribution in [0.4, 0.5) is 5.95 Å². The Kier molecular flexibility index (Phi) is 6.45. The Balaban J connectivity index is 1.57. The van der Waals surface area contributed by atoms with Crippen molar-refractivity contribution in [3.8, 4) is 5.75 Å². The Bertz CT molecular complexity index is 989. The Morgan fingerprint density at radius 3 is 2.55 bits per heavy atom. The van der Waals surface area contributed by atoms with Crippen molar-refractivity contribution >= 4 is 16.0 Å². The second-order valence-corrected chi connectivity index (χ2v) is 10.2. The Labute approximate surface area is 184 Å². The van der Waals surface area contributed by atoms with E-state index in [0.29, 0.717) is 32.1 Å². The van der Waals surface area contributed by atoms with E-state index in [2.05, 4.69) is 21.8 Å². The van der Waals surface area contributed by atoms with Crippen molar-refractivity contribution in [3.63, 3.8) is 0 Å². The molecule has 0 radical (unpaired) electrons. The average Bonchev–Trinajstić information content (AvgIpc) is 2.80. The summed E-state index contributed by atoms with van der Waals surface area (Å²) < 4.78 is 39.7. The standard InChI is InChI=1S/C22H30N4O4S/c1-3-18-14-23-21(24-15-18)25-10-8-22(9-11-25)16-26(12-13-29-2)31(27,28)20-7-5-4-6-19(20)30-17-22/h4-7,14-15H,3,8-13,16-17H2,1-2H3. The first-order valence-corrected chi connectivity index (χ1v) is 12.2. The summed E-state index contributed by atoms with van der Waals surface area (Å²) >= 11 is 0. The fraction of sp³-hybridized carbons (Fsp3) is 0.545.